The van der Waals surface area contributed by atoms with Crippen molar-refractivity contribution in [3.05, 3.63) is 30.1 Å². The number of urea groups is 1. The van der Waals surface area contributed by atoms with E-state index in [1.807, 2.05) is 0 Å². The molecule has 0 saturated carbocycles. The molecule has 4 N–H and O–H groups in total. The van der Waals surface area contributed by atoms with Crippen LogP contribution in [-0.4, -0.2) is 76.3 Å². The molecule has 196 valence electrons. The summed E-state index contributed by atoms with van der Waals surface area (Å²) in [6.45, 7) is 1.31. The SMILES string of the molecule is O=C(O)C(F)(F)F.O=C(O)CCSSCCNC(=O)C1CCCN(C(=O)Nc2ccccc2F)C1. The van der Waals surface area contributed by atoms with Gasteiger partial charge in [0.25, 0.3) is 0 Å². The molecule has 1 fully saturated rings. The summed E-state index contributed by atoms with van der Waals surface area (Å²) in [5, 5.41) is 21.1. The number of amides is 3. The van der Waals surface area contributed by atoms with Gasteiger partial charge in [0, 0.05) is 31.1 Å². The summed E-state index contributed by atoms with van der Waals surface area (Å²) in [5.41, 5.74) is 0.122. The van der Waals surface area contributed by atoms with Gasteiger partial charge in [0.1, 0.15) is 5.82 Å². The van der Waals surface area contributed by atoms with Gasteiger partial charge >= 0.3 is 24.1 Å². The number of likely N-dealkylation sites (tertiary alicyclic amines) is 1. The number of carboxylic acid groups (broad SMARTS) is 2. The molecule has 1 aliphatic rings. The zero-order chi connectivity index (χ0) is 26.4. The van der Waals surface area contributed by atoms with Gasteiger partial charge in [-0.15, -0.1) is 0 Å². The van der Waals surface area contributed by atoms with Crippen LogP contribution in [0.2, 0.25) is 0 Å². The molecular weight excluding hydrogens is 518 g/mol. The number of anilines is 1. The number of hydrogen-bond donors (Lipinski definition) is 4. The molecule has 1 saturated heterocycles. The molecule has 3 amide bonds. The van der Waals surface area contributed by atoms with Gasteiger partial charge in [0.05, 0.1) is 18.0 Å². The van der Waals surface area contributed by atoms with Gasteiger partial charge in [-0.05, 0) is 25.0 Å². The second-order valence-electron chi connectivity index (χ2n) is 7.08. The highest BCUT2D eigenvalue weighted by molar-refractivity contribution is 8.76. The first-order chi connectivity index (χ1) is 16.4. The minimum absolute atomic E-state index is 0.0977. The van der Waals surface area contributed by atoms with Crippen LogP contribution in [0, 0.1) is 11.7 Å². The Morgan fingerprint density at radius 1 is 1.09 bits per heavy atom. The molecule has 0 aromatic heterocycles. The van der Waals surface area contributed by atoms with E-state index in [4.69, 9.17) is 15.0 Å². The summed E-state index contributed by atoms with van der Waals surface area (Å²) in [5.74, 6) is -3.25. The standard InChI is InChI=1S/C18H24FN3O4S2.C2HF3O2/c19-14-5-1-2-6-15(14)21-18(26)22-9-3-4-13(12-22)17(25)20-8-11-28-27-10-7-16(23)24;3-2(4,5)1(6)7/h1-2,5-6,13H,3-4,7-12H2,(H,20,25)(H,21,26)(H,23,24);(H,6,7). The molecule has 0 spiro atoms. The van der Waals surface area contributed by atoms with Crippen LogP contribution in [0.1, 0.15) is 19.3 Å². The number of benzene rings is 1. The van der Waals surface area contributed by atoms with E-state index in [2.05, 4.69) is 10.6 Å². The van der Waals surface area contributed by atoms with Crippen molar-refractivity contribution in [3.63, 3.8) is 0 Å². The van der Waals surface area contributed by atoms with E-state index in [0.29, 0.717) is 44.0 Å². The van der Waals surface area contributed by atoms with E-state index in [-0.39, 0.29) is 23.9 Å². The first-order valence-electron chi connectivity index (χ1n) is 10.3. The summed E-state index contributed by atoms with van der Waals surface area (Å²) in [7, 11) is 2.99. The Kier molecular flexibility index (Phi) is 13.3. The fourth-order valence-electron chi connectivity index (χ4n) is 2.74. The Morgan fingerprint density at radius 2 is 1.71 bits per heavy atom. The van der Waals surface area contributed by atoms with Crippen molar-refractivity contribution in [2.45, 2.75) is 25.4 Å². The van der Waals surface area contributed by atoms with Crippen molar-refractivity contribution in [2.24, 2.45) is 5.92 Å². The highest BCUT2D eigenvalue weighted by Gasteiger charge is 2.38. The third-order valence-electron chi connectivity index (χ3n) is 4.40. The van der Waals surface area contributed by atoms with Crippen molar-refractivity contribution in [2.75, 3.05) is 36.5 Å². The number of aliphatic carboxylic acids is 2. The number of halogens is 4. The van der Waals surface area contributed by atoms with Gasteiger partial charge in [0.2, 0.25) is 5.91 Å². The van der Waals surface area contributed by atoms with E-state index in [9.17, 15) is 31.9 Å². The molecule has 1 aromatic rings. The largest absolute Gasteiger partial charge is 0.490 e. The molecule has 1 aromatic carbocycles. The van der Waals surface area contributed by atoms with Crippen molar-refractivity contribution in [1.82, 2.24) is 10.2 Å². The van der Waals surface area contributed by atoms with E-state index in [1.165, 1.54) is 38.6 Å². The second kappa shape index (κ2) is 15.3. The Balaban J connectivity index is 0.000000762. The summed E-state index contributed by atoms with van der Waals surface area (Å²) >= 11 is 0. The third-order valence-corrected chi connectivity index (χ3v) is 6.81. The van der Waals surface area contributed by atoms with Crippen molar-refractivity contribution >= 4 is 51.2 Å². The Hall–Kier alpha value is -2.68. The predicted molar refractivity (Wildman–Crippen MR) is 124 cm³/mol. The lowest BCUT2D eigenvalue weighted by Crippen LogP contribution is -2.47. The molecule has 1 heterocycles. The van der Waals surface area contributed by atoms with Gasteiger partial charge in [0.15, 0.2) is 0 Å². The highest BCUT2D eigenvalue weighted by Crippen LogP contribution is 2.22. The number of piperidine rings is 1. The topological polar surface area (TPSA) is 136 Å². The molecule has 1 unspecified atom stereocenters. The zero-order valence-corrected chi connectivity index (χ0v) is 20.0. The summed E-state index contributed by atoms with van der Waals surface area (Å²) < 4.78 is 45.4. The summed E-state index contributed by atoms with van der Waals surface area (Å²) in [4.78, 5) is 45.5. The average molecular weight is 544 g/mol. The molecule has 0 bridgehead atoms. The molecule has 1 aliphatic heterocycles. The normalized spacial score (nSPS) is 15.4. The smallest absolute Gasteiger partial charge is 0.481 e. The maximum atomic E-state index is 13.7. The van der Waals surface area contributed by atoms with Crippen LogP contribution in [0.15, 0.2) is 24.3 Å². The molecular formula is C20H25F4N3O6S2. The minimum Gasteiger partial charge on any atom is -0.481 e. The van der Waals surface area contributed by atoms with Gasteiger partial charge in [-0.25, -0.2) is 14.0 Å². The lowest BCUT2D eigenvalue weighted by molar-refractivity contribution is -0.192. The Labute approximate surface area is 206 Å². The number of carbonyl (C=O) groups is 4. The number of alkyl halides is 3. The van der Waals surface area contributed by atoms with Crippen molar-refractivity contribution < 1.29 is 47.0 Å². The molecule has 35 heavy (non-hydrogen) atoms. The number of nitrogens with one attached hydrogen (secondary N) is 2. The number of hydrogen-bond acceptors (Lipinski definition) is 6. The lowest BCUT2D eigenvalue weighted by Gasteiger charge is -2.32. The Morgan fingerprint density at radius 3 is 2.31 bits per heavy atom. The number of carboxylic acids is 2. The third kappa shape index (κ3) is 12.5. The quantitative estimate of drug-likeness (QED) is 0.210. The average Bonchev–Trinajstić information content (AvgIpc) is 2.79. The maximum Gasteiger partial charge on any atom is 0.490 e. The number of nitrogens with zero attached hydrogens (tertiary/aromatic N) is 1. The maximum absolute atomic E-state index is 13.7. The predicted octanol–water partition coefficient (Wildman–Crippen LogP) is 3.68. The van der Waals surface area contributed by atoms with E-state index < -0.39 is 30.0 Å². The number of carbonyl (C=O) groups excluding carboxylic acids is 2. The van der Waals surface area contributed by atoms with E-state index >= 15 is 0 Å². The van der Waals surface area contributed by atoms with Crippen LogP contribution in [0.5, 0.6) is 0 Å². The Bertz CT molecular complexity index is 876. The van der Waals surface area contributed by atoms with Crippen LogP contribution >= 0.6 is 21.6 Å². The van der Waals surface area contributed by atoms with Crippen LogP contribution in [0.25, 0.3) is 0 Å². The zero-order valence-electron chi connectivity index (χ0n) is 18.3. The van der Waals surface area contributed by atoms with E-state index in [1.54, 1.807) is 12.1 Å². The first kappa shape index (κ1) is 30.4. The molecule has 2 rings (SSSR count). The molecule has 9 nitrogen and oxygen atoms in total. The van der Waals surface area contributed by atoms with Crippen LogP contribution in [0.3, 0.4) is 0 Å². The minimum atomic E-state index is -5.08. The molecule has 0 radical (unpaired) electrons. The van der Waals surface area contributed by atoms with Gasteiger partial charge < -0.3 is 25.7 Å². The van der Waals surface area contributed by atoms with Gasteiger partial charge in [-0.3, -0.25) is 9.59 Å². The monoisotopic (exact) mass is 543 g/mol. The summed E-state index contributed by atoms with van der Waals surface area (Å²) in [6, 6.07) is 5.55. The lowest BCUT2D eigenvalue weighted by atomic mass is 9.97. The number of rotatable bonds is 9. The molecule has 15 heteroatoms. The molecule has 0 aliphatic carbocycles. The van der Waals surface area contributed by atoms with Crippen LogP contribution in [-0.2, 0) is 14.4 Å². The highest BCUT2D eigenvalue weighted by atomic mass is 33.1. The fourth-order valence-corrected chi connectivity index (χ4v) is 4.63. The van der Waals surface area contributed by atoms with Crippen molar-refractivity contribution in [3.8, 4) is 0 Å². The fraction of sp³-hybridized carbons (Fsp3) is 0.500. The summed E-state index contributed by atoms with van der Waals surface area (Å²) in [6.07, 6.45) is -3.55. The molecule has 1 atom stereocenters. The van der Waals surface area contributed by atoms with Crippen molar-refractivity contribution in [1.29, 1.82) is 0 Å². The van der Waals surface area contributed by atoms with Crippen LogP contribution in [0.4, 0.5) is 28.0 Å². The van der Waals surface area contributed by atoms with Gasteiger partial charge in [-0.2, -0.15) is 13.2 Å². The number of para-hydroxylation sites is 1. The van der Waals surface area contributed by atoms with E-state index in [0.717, 1.165) is 0 Å². The second-order valence-corrected chi connectivity index (χ2v) is 9.78. The van der Waals surface area contributed by atoms with Gasteiger partial charge in [-0.1, -0.05) is 33.7 Å². The van der Waals surface area contributed by atoms with Crippen LogP contribution < -0.4 is 10.6 Å². The first-order valence-corrected chi connectivity index (χ1v) is 12.7.